The Bertz CT molecular complexity index is 813. The lowest BCUT2D eigenvalue weighted by atomic mass is 10.1. The molecule has 0 bridgehead atoms. The van der Waals surface area contributed by atoms with Crippen molar-refractivity contribution in [2.75, 3.05) is 11.9 Å². The molecule has 2 aromatic heterocycles. The third-order valence-electron chi connectivity index (χ3n) is 3.44. The number of nitriles is 1. The largest absolute Gasteiger partial charge is 0.369 e. The summed E-state index contributed by atoms with van der Waals surface area (Å²) >= 11 is 0. The van der Waals surface area contributed by atoms with Gasteiger partial charge in [0, 0.05) is 37.3 Å². The normalized spacial score (nSPS) is 10.5. The van der Waals surface area contributed by atoms with Gasteiger partial charge in [0.2, 0.25) is 0 Å². The Morgan fingerprint density at radius 3 is 2.90 bits per heavy atom. The molecule has 0 saturated carbocycles. The highest BCUT2D eigenvalue weighted by molar-refractivity contribution is 5.82. The molecule has 0 aliphatic heterocycles. The van der Waals surface area contributed by atoms with Crippen LogP contribution in [0.3, 0.4) is 0 Å². The molecule has 3 rings (SSSR count). The second-order valence-electron chi connectivity index (χ2n) is 4.81. The van der Waals surface area contributed by atoms with Crippen molar-refractivity contribution in [3.05, 3.63) is 53.9 Å². The molecule has 5 heteroatoms. The molecule has 0 radical (unpaired) electrons. The minimum Gasteiger partial charge on any atom is -0.369 e. The van der Waals surface area contributed by atoms with E-state index in [4.69, 9.17) is 0 Å². The van der Waals surface area contributed by atoms with Crippen molar-refractivity contribution in [2.45, 2.75) is 6.42 Å². The van der Waals surface area contributed by atoms with Crippen LogP contribution < -0.4 is 5.32 Å². The number of benzene rings is 1. The molecule has 0 amide bonds. The fourth-order valence-electron chi connectivity index (χ4n) is 2.29. The lowest BCUT2D eigenvalue weighted by molar-refractivity contribution is 0.711. The smallest absolute Gasteiger partial charge is 0.144 e. The monoisotopic (exact) mass is 277 g/mol. The van der Waals surface area contributed by atoms with Gasteiger partial charge < -0.3 is 5.32 Å². The number of fused-ring (bicyclic) bond motifs is 1. The summed E-state index contributed by atoms with van der Waals surface area (Å²) in [6.07, 6.45) is 2.61. The van der Waals surface area contributed by atoms with Gasteiger partial charge in [0.25, 0.3) is 0 Å². The molecule has 3 aromatic rings. The lowest BCUT2D eigenvalue weighted by Gasteiger charge is -2.09. The van der Waals surface area contributed by atoms with Crippen LogP contribution in [0.1, 0.15) is 11.3 Å². The van der Waals surface area contributed by atoms with Crippen molar-refractivity contribution < 1.29 is 0 Å². The molecular formula is C16H15N5. The van der Waals surface area contributed by atoms with E-state index in [-0.39, 0.29) is 0 Å². The standard InChI is InChI=1S/C16H15N5/c1-21-14(7-9-19-21)6-8-18-16-13(11-17)10-12-4-2-3-5-15(12)20-16/h2-5,7,9-10H,6,8H2,1H3,(H,18,20). The maximum atomic E-state index is 9.26. The minimum atomic E-state index is 0.568. The van der Waals surface area contributed by atoms with Crippen LogP contribution in [0.15, 0.2) is 42.6 Å². The molecule has 1 N–H and O–H groups in total. The van der Waals surface area contributed by atoms with E-state index in [1.807, 2.05) is 48.1 Å². The van der Waals surface area contributed by atoms with Crippen molar-refractivity contribution >= 4 is 16.7 Å². The Balaban J connectivity index is 1.80. The summed E-state index contributed by atoms with van der Waals surface area (Å²) in [5, 5.41) is 17.6. The molecule has 0 unspecified atom stereocenters. The van der Waals surface area contributed by atoms with Gasteiger partial charge >= 0.3 is 0 Å². The maximum absolute atomic E-state index is 9.26. The fraction of sp³-hybridized carbons (Fsp3) is 0.188. The number of pyridine rings is 1. The van der Waals surface area contributed by atoms with E-state index in [1.165, 1.54) is 0 Å². The first-order valence-corrected chi connectivity index (χ1v) is 6.78. The minimum absolute atomic E-state index is 0.568. The van der Waals surface area contributed by atoms with Gasteiger partial charge in [0.15, 0.2) is 0 Å². The summed E-state index contributed by atoms with van der Waals surface area (Å²) in [5.74, 6) is 0.637. The molecule has 5 nitrogen and oxygen atoms in total. The molecule has 0 aliphatic carbocycles. The van der Waals surface area contributed by atoms with Gasteiger partial charge in [-0.1, -0.05) is 18.2 Å². The van der Waals surface area contributed by atoms with Crippen LogP contribution in [0.2, 0.25) is 0 Å². The van der Waals surface area contributed by atoms with Gasteiger partial charge in [-0.05, 0) is 18.2 Å². The van der Waals surface area contributed by atoms with Crippen molar-refractivity contribution in [2.24, 2.45) is 7.05 Å². The number of nitrogens with zero attached hydrogens (tertiary/aromatic N) is 4. The molecule has 0 fully saturated rings. The summed E-state index contributed by atoms with van der Waals surface area (Å²) in [6, 6.07) is 13.9. The van der Waals surface area contributed by atoms with Crippen LogP contribution in [-0.4, -0.2) is 21.3 Å². The highest BCUT2D eigenvalue weighted by Crippen LogP contribution is 2.19. The second-order valence-corrected chi connectivity index (χ2v) is 4.81. The zero-order valence-corrected chi connectivity index (χ0v) is 11.7. The first-order valence-electron chi connectivity index (χ1n) is 6.78. The third-order valence-corrected chi connectivity index (χ3v) is 3.44. The van der Waals surface area contributed by atoms with E-state index in [0.717, 1.165) is 23.0 Å². The summed E-state index contributed by atoms with van der Waals surface area (Å²) < 4.78 is 1.85. The zero-order valence-electron chi connectivity index (χ0n) is 11.7. The quantitative estimate of drug-likeness (QED) is 0.795. The Hall–Kier alpha value is -2.87. The molecular weight excluding hydrogens is 262 g/mol. The highest BCUT2D eigenvalue weighted by atomic mass is 15.3. The predicted molar refractivity (Wildman–Crippen MR) is 81.9 cm³/mol. The molecule has 21 heavy (non-hydrogen) atoms. The molecule has 0 saturated heterocycles. The predicted octanol–water partition coefficient (Wildman–Crippen LogP) is 2.49. The summed E-state index contributed by atoms with van der Waals surface area (Å²) in [5.41, 5.74) is 2.60. The Morgan fingerprint density at radius 1 is 1.29 bits per heavy atom. The van der Waals surface area contributed by atoms with E-state index < -0.39 is 0 Å². The number of hydrogen-bond acceptors (Lipinski definition) is 4. The Labute approximate surface area is 122 Å². The van der Waals surface area contributed by atoms with Crippen molar-refractivity contribution in [1.82, 2.24) is 14.8 Å². The number of hydrogen-bond donors (Lipinski definition) is 1. The first kappa shape index (κ1) is 13.1. The summed E-state index contributed by atoms with van der Waals surface area (Å²) in [4.78, 5) is 4.53. The van der Waals surface area contributed by atoms with Crippen LogP contribution >= 0.6 is 0 Å². The SMILES string of the molecule is Cn1nccc1CCNc1nc2ccccc2cc1C#N. The Kier molecular flexibility index (Phi) is 3.52. The average molecular weight is 277 g/mol. The molecule has 0 spiro atoms. The van der Waals surface area contributed by atoms with E-state index in [0.29, 0.717) is 17.9 Å². The van der Waals surface area contributed by atoms with Gasteiger partial charge in [0.1, 0.15) is 11.9 Å². The maximum Gasteiger partial charge on any atom is 0.144 e. The van der Waals surface area contributed by atoms with Gasteiger partial charge in [-0.25, -0.2) is 4.98 Å². The average Bonchev–Trinajstić information content (AvgIpc) is 2.92. The van der Waals surface area contributed by atoms with E-state index >= 15 is 0 Å². The number of nitrogens with one attached hydrogen (secondary N) is 1. The summed E-state index contributed by atoms with van der Waals surface area (Å²) in [6.45, 7) is 0.708. The van der Waals surface area contributed by atoms with Crippen molar-refractivity contribution in [1.29, 1.82) is 5.26 Å². The Morgan fingerprint density at radius 2 is 2.14 bits per heavy atom. The van der Waals surface area contributed by atoms with Gasteiger partial charge in [-0.3, -0.25) is 4.68 Å². The number of anilines is 1. The zero-order chi connectivity index (χ0) is 14.7. The number of aromatic nitrogens is 3. The van der Waals surface area contributed by atoms with Crippen molar-refractivity contribution in [3.63, 3.8) is 0 Å². The van der Waals surface area contributed by atoms with Gasteiger partial charge in [0.05, 0.1) is 11.1 Å². The number of rotatable bonds is 4. The molecule has 0 aliphatic rings. The van der Waals surface area contributed by atoms with Crippen LogP contribution in [0.5, 0.6) is 0 Å². The van der Waals surface area contributed by atoms with Crippen LogP contribution in [0.25, 0.3) is 10.9 Å². The van der Waals surface area contributed by atoms with Crippen LogP contribution in [0.4, 0.5) is 5.82 Å². The topological polar surface area (TPSA) is 66.5 Å². The van der Waals surface area contributed by atoms with E-state index in [1.54, 1.807) is 6.20 Å². The third kappa shape index (κ3) is 2.70. The lowest BCUT2D eigenvalue weighted by Crippen LogP contribution is -2.10. The summed E-state index contributed by atoms with van der Waals surface area (Å²) in [7, 11) is 1.92. The molecule has 2 heterocycles. The number of para-hydroxylation sites is 1. The molecule has 1 aromatic carbocycles. The second kappa shape index (κ2) is 5.63. The van der Waals surface area contributed by atoms with Gasteiger partial charge in [-0.2, -0.15) is 10.4 Å². The van der Waals surface area contributed by atoms with E-state index in [2.05, 4.69) is 21.5 Å². The number of aryl methyl sites for hydroxylation is 1. The fourth-order valence-corrected chi connectivity index (χ4v) is 2.29. The van der Waals surface area contributed by atoms with Crippen molar-refractivity contribution in [3.8, 4) is 6.07 Å². The van der Waals surface area contributed by atoms with E-state index in [9.17, 15) is 5.26 Å². The van der Waals surface area contributed by atoms with Gasteiger partial charge in [-0.15, -0.1) is 0 Å². The first-order chi connectivity index (χ1) is 10.3. The van der Waals surface area contributed by atoms with Crippen LogP contribution in [-0.2, 0) is 13.5 Å². The van der Waals surface area contributed by atoms with Crippen LogP contribution in [0, 0.1) is 11.3 Å². The molecule has 0 atom stereocenters. The highest BCUT2D eigenvalue weighted by Gasteiger charge is 2.06. The molecule has 104 valence electrons.